The SMILES string of the molecule is CC(C(=O)NCC(C)(C(=O)O)c1ccccc1)c1ccsc1. The molecular formula is C17H19NO3S. The van der Waals surface area contributed by atoms with Crippen LogP contribution in [-0.4, -0.2) is 23.5 Å². The third kappa shape index (κ3) is 3.36. The first-order chi connectivity index (χ1) is 10.4. The van der Waals surface area contributed by atoms with E-state index >= 15 is 0 Å². The molecule has 2 rings (SSSR count). The predicted octanol–water partition coefficient (Wildman–Crippen LogP) is 3.01. The number of rotatable bonds is 6. The molecule has 1 aromatic heterocycles. The topological polar surface area (TPSA) is 66.4 Å². The van der Waals surface area contributed by atoms with Crippen LogP contribution in [0.3, 0.4) is 0 Å². The molecule has 1 amide bonds. The monoisotopic (exact) mass is 317 g/mol. The summed E-state index contributed by atoms with van der Waals surface area (Å²) in [6.45, 7) is 3.50. The molecule has 116 valence electrons. The van der Waals surface area contributed by atoms with Crippen molar-refractivity contribution < 1.29 is 14.7 Å². The minimum absolute atomic E-state index is 0.0552. The number of amides is 1. The van der Waals surface area contributed by atoms with E-state index in [1.54, 1.807) is 31.2 Å². The molecule has 0 fully saturated rings. The van der Waals surface area contributed by atoms with Crippen LogP contribution in [-0.2, 0) is 15.0 Å². The lowest BCUT2D eigenvalue weighted by Gasteiger charge is -2.26. The van der Waals surface area contributed by atoms with E-state index in [1.807, 2.05) is 29.8 Å². The Hall–Kier alpha value is -2.14. The van der Waals surface area contributed by atoms with Crippen molar-refractivity contribution in [2.24, 2.45) is 0 Å². The molecule has 5 heteroatoms. The van der Waals surface area contributed by atoms with Crippen molar-refractivity contribution in [2.45, 2.75) is 25.2 Å². The number of carboxylic acid groups (broad SMARTS) is 1. The summed E-state index contributed by atoms with van der Waals surface area (Å²) in [4.78, 5) is 23.9. The van der Waals surface area contributed by atoms with Crippen LogP contribution in [0.1, 0.15) is 30.9 Å². The fraction of sp³-hybridized carbons (Fsp3) is 0.294. The number of carbonyl (C=O) groups excluding carboxylic acids is 1. The largest absolute Gasteiger partial charge is 0.481 e. The smallest absolute Gasteiger partial charge is 0.315 e. The standard InChI is InChI=1S/C17H19NO3S/c1-12(13-8-9-22-10-13)15(19)18-11-17(2,16(20)21)14-6-4-3-5-7-14/h3-10,12H,11H2,1-2H3,(H,18,19)(H,20,21). The fourth-order valence-corrected chi connectivity index (χ4v) is 2.95. The van der Waals surface area contributed by atoms with Gasteiger partial charge in [0.1, 0.15) is 5.41 Å². The van der Waals surface area contributed by atoms with Crippen molar-refractivity contribution in [2.75, 3.05) is 6.54 Å². The molecule has 2 atom stereocenters. The van der Waals surface area contributed by atoms with Gasteiger partial charge in [-0.1, -0.05) is 30.3 Å². The van der Waals surface area contributed by atoms with E-state index in [9.17, 15) is 14.7 Å². The van der Waals surface area contributed by atoms with Gasteiger partial charge in [0.25, 0.3) is 0 Å². The van der Waals surface area contributed by atoms with Crippen molar-refractivity contribution in [3.8, 4) is 0 Å². The third-order valence-corrected chi connectivity index (χ3v) is 4.64. The number of carbonyl (C=O) groups is 2. The maximum Gasteiger partial charge on any atom is 0.315 e. The Labute approximate surface area is 133 Å². The highest BCUT2D eigenvalue weighted by molar-refractivity contribution is 7.08. The van der Waals surface area contributed by atoms with Crippen LogP contribution in [0.5, 0.6) is 0 Å². The third-order valence-electron chi connectivity index (χ3n) is 3.94. The maximum absolute atomic E-state index is 12.2. The Morgan fingerprint density at radius 2 is 1.95 bits per heavy atom. The molecule has 0 saturated carbocycles. The number of hydrogen-bond acceptors (Lipinski definition) is 3. The highest BCUT2D eigenvalue weighted by Crippen LogP contribution is 2.24. The number of nitrogens with one attached hydrogen (secondary N) is 1. The number of hydrogen-bond donors (Lipinski definition) is 2. The molecule has 22 heavy (non-hydrogen) atoms. The Morgan fingerprint density at radius 3 is 2.50 bits per heavy atom. The lowest BCUT2D eigenvalue weighted by atomic mass is 9.82. The molecule has 0 aliphatic rings. The maximum atomic E-state index is 12.2. The van der Waals surface area contributed by atoms with E-state index in [2.05, 4.69) is 5.32 Å². The second-order valence-corrected chi connectivity index (χ2v) is 6.28. The normalized spacial score (nSPS) is 14.8. The minimum Gasteiger partial charge on any atom is -0.481 e. The van der Waals surface area contributed by atoms with Crippen LogP contribution < -0.4 is 5.32 Å². The summed E-state index contributed by atoms with van der Waals surface area (Å²) in [5, 5.41) is 16.2. The summed E-state index contributed by atoms with van der Waals surface area (Å²) in [6.07, 6.45) is 0. The summed E-state index contributed by atoms with van der Waals surface area (Å²) in [7, 11) is 0. The first kappa shape index (κ1) is 16.2. The fourth-order valence-electron chi connectivity index (χ4n) is 2.20. The number of thiophene rings is 1. The van der Waals surface area contributed by atoms with Crippen molar-refractivity contribution in [3.63, 3.8) is 0 Å². The molecule has 2 aromatic rings. The van der Waals surface area contributed by atoms with E-state index in [4.69, 9.17) is 0 Å². The molecule has 0 saturated heterocycles. The Bertz CT molecular complexity index is 639. The second kappa shape index (κ2) is 6.75. The zero-order chi connectivity index (χ0) is 16.2. The molecular weight excluding hydrogens is 298 g/mol. The van der Waals surface area contributed by atoms with Gasteiger partial charge in [0.05, 0.1) is 5.92 Å². The molecule has 1 heterocycles. The molecule has 0 aliphatic heterocycles. The van der Waals surface area contributed by atoms with Crippen LogP contribution in [0.2, 0.25) is 0 Å². The highest BCUT2D eigenvalue weighted by atomic mass is 32.1. The molecule has 0 bridgehead atoms. The molecule has 2 unspecified atom stereocenters. The lowest BCUT2D eigenvalue weighted by Crippen LogP contribution is -2.45. The van der Waals surface area contributed by atoms with Gasteiger partial charge in [0, 0.05) is 6.54 Å². The average Bonchev–Trinajstić information content (AvgIpc) is 3.06. The van der Waals surface area contributed by atoms with Gasteiger partial charge in [0.2, 0.25) is 5.91 Å². The van der Waals surface area contributed by atoms with Gasteiger partial charge in [-0.05, 0) is 41.8 Å². The van der Waals surface area contributed by atoms with Gasteiger partial charge < -0.3 is 10.4 Å². The van der Waals surface area contributed by atoms with E-state index < -0.39 is 11.4 Å². The first-order valence-corrected chi connectivity index (χ1v) is 7.98. The molecule has 0 aliphatic carbocycles. The van der Waals surface area contributed by atoms with E-state index in [-0.39, 0.29) is 18.4 Å². The Balaban J connectivity index is 2.10. The molecule has 0 radical (unpaired) electrons. The van der Waals surface area contributed by atoms with Crippen molar-refractivity contribution >= 4 is 23.2 Å². The van der Waals surface area contributed by atoms with Crippen molar-refractivity contribution in [1.82, 2.24) is 5.32 Å². The van der Waals surface area contributed by atoms with Crippen LogP contribution in [0, 0.1) is 0 Å². The first-order valence-electron chi connectivity index (χ1n) is 7.04. The predicted molar refractivity (Wildman–Crippen MR) is 87.2 cm³/mol. The molecule has 2 N–H and O–H groups in total. The molecule has 0 spiro atoms. The van der Waals surface area contributed by atoms with Gasteiger partial charge in [-0.2, -0.15) is 11.3 Å². The van der Waals surface area contributed by atoms with Gasteiger partial charge in [0.15, 0.2) is 0 Å². The van der Waals surface area contributed by atoms with Crippen LogP contribution in [0.25, 0.3) is 0 Å². The summed E-state index contributed by atoms with van der Waals surface area (Å²) in [5.74, 6) is -1.41. The molecule has 4 nitrogen and oxygen atoms in total. The summed E-state index contributed by atoms with van der Waals surface area (Å²) in [6, 6.07) is 10.9. The zero-order valence-corrected chi connectivity index (χ0v) is 13.4. The van der Waals surface area contributed by atoms with Crippen molar-refractivity contribution in [3.05, 3.63) is 58.3 Å². The van der Waals surface area contributed by atoms with Gasteiger partial charge >= 0.3 is 5.97 Å². The minimum atomic E-state index is -1.15. The summed E-state index contributed by atoms with van der Waals surface area (Å²) in [5.41, 5.74) is 0.468. The van der Waals surface area contributed by atoms with Crippen LogP contribution in [0.15, 0.2) is 47.2 Å². The van der Waals surface area contributed by atoms with Crippen LogP contribution >= 0.6 is 11.3 Å². The Kier molecular flexibility index (Phi) is 4.98. The molecule has 1 aromatic carbocycles. The quantitative estimate of drug-likeness (QED) is 0.860. The summed E-state index contributed by atoms with van der Waals surface area (Å²) < 4.78 is 0. The van der Waals surface area contributed by atoms with Crippen LogP contribution in [0.4, 0.5) is 0 Å². The van der Waals surface area contributed by atoms with Gasteiger partial charge in [-0.3, -0.25) is 9.59 Å². The second-order valence-electron chi connectivity index (χ2n) is 5.50. The lowest BCUT2D eigenvalue weighted by molar-refractivity contribution is -0.143. The summed E-state index contributed by atoms with van der Waals surface area (Å²) >= 11 is 1.54. The van der Waals surface area contributed by atoms with E-state index in [1.165, 1.54) is 11.3 Å². The number of aliphatic carboxylic acids is 1. The average molecular weight is 317 g/mol. The number of carboxylic acids is 1. The Morgan fingerprint density at radius 1 is 1.27 bits per heavy atom. The van der Waals surface area contributed by atoms with Gasteiger partial charge in [-0.15, -0.1) is 0 Å². The number of benzene rings is 1. The van der Waals surface area contributed by atoms with Crippen molar-refractivity contribution in [1.29, 1.82) is 0 Å². The van der Waals surface area contributed by atoms with Gasteiger partial charge in [-0.25, -0.2) is 0 Å². The zero-order valence-electron chi connectivity index (χ0n) is 12.6. The van der Waals surface area contributed by atoms with E-state index in [0.29, 0.717) is 5.56 Å². The van der Waals surface area contributed by atoms with E-state index in [0.717, 1.165) is 5.56 Å². The highest BCUT2D eigenvalue weighted by Gasteiger charge is 2.35.